The van der Waals surface area contributed by atoms with Gasteiger partial charge in [0.05, 0.1) is 11.5 Å². The summed E-state index contributed by atoms with van der Waals surface area (Å²) < 4.78 is 0. The van der Waals surface area contributed by atoms with Gasteiger partial charge in [0.2, 0.25) is 0 Å². The minimum atomic E-state index is -0.497. The Morgan fingerprint density at radius 2 is 2.08 bits per heavy atom. The maximum atomic E-state index is 12.7. The summed E-state index contributed by atoms with van der Waals surface area (Å²) in [5, 5.41) is 11.6. The molecule has 0 N–H and O–H groups in total. The molecule has 0 saturated carbocycles. The molecule has 25 heavy (non-hydrogen) atoms. The van der Waals surface area contributed by atoms with E-state index < -0.39 is 4.92 Å². The maximum Gasteiger partial charge on any atom is 0.270 e. The molecule has 0 saturated heterocycles. The molecule has 0 spiro atoms. The second kappa shape index (κ2) is 7.48. The van der Waals surface area contributed by atoms with Gasteiger partial charge in [-0.05, 0) is 24.1 Å². The van der Waals surface area contributed by atoms with E-state index in [1.165, 1.54) is 41.1 Å². The zero-order chi connectivity index (χ0) is 17.8. The van der Waals surface area contributed by atoms with E-state index in [1.807, 2.05) is 12.1 Å². The Morgan fingerprint density at radius 1 is 1.28 bits per heavy atom. The van der Waals surface area contributed by atoms with Crippen molar-refractivity contribution in [3.05, 3.63) is 75.3 Å². The van der Waals surface area contributed by atoms with E-state index in [0.717, 1.165) is 5.75 Å². The van der Waals surface area contributed by atoms with Crippen LogP contribution in [0.1, 0.15) is 21.5 Å². The number of aryl methyl sites for hydroxylation is 1. The average molecular weight is 355 g/mol. The van der Waals surface area contributed by atoms with E-state index in [9.17, 15) is 14.9 Å². The minimum Gasteiger partial charge on any atom is -0.286 e. The van der Waals surface area contributed by atoms with Gasteiger partial charge in [-0.1, -0.05) is 42.1 Å². The van der Waals surface area contributed by atoms with Crippen LogP contribution in [0.5, 0.6) is 0 Å². The highest BCUT2D eigenvalue weighted by Crippen LogP contribution is 2.23. The number of nitrogens with zero attached hydrogens (tertiary/aromatic N) is 3. The molecule has 0 radical (unpaired) electrons. The van der Waals surface area contributed by atoms with Crippen LogP contribution in [0.4, 0.5) is 5.69 Å². The summed E-state index contributed by atoms with van der Waals surface area (Å²) in [5.74, 6) is 0.474. The van der Waals surface area contributed by atoms with E-state index in [4.69, 9.17) is 0 Å². The van der Waals surface area contributed by atoms with E-state index >= 15 is 0 Å². The molecule has 0 unspecified atom stereocenters. The van der Waals surface area contributed by atoms with Crippen molar-refractivity contribution < 1.29 is 9.72 Å². The number of hydrogen-bond donors (Lipinski definition) is 0. The Balaban J connectivity index is 1.73. The number of nitro benzene ring substituents is 1. The standard InChI is InChI=1S/C18H17N3O3S/c1-13-5-2-3-6-15(13)12-25-18-19-9-10-20(18)17(22)14-7-4-8-16(11-14)21(23)24/h2-8,11H,9-10,12H2,1H3. The van der Waals surface area contributed by atoms with Gasteiger partial charge in [-0.15, -0.1) is 0 Å². The number of aliphatic imine (C=N–C) groups is 1. The molecule has 6 nitrogen and oxygen atoms in total. The number of non-ortho nitro benzene ring substituents is 1. The van der Waals surface area contributed by atoms with Crippen LogP contribution in [-0.2, 0) is 5.75 Å². The first-order chi connectivity index (χ1) is 12.1. The first-order valence-electron chi connectivity index (χ1n) is 7.84. The highest BCUT2D eigenvalue weighted by molar-refractivity contribution is 8.13. The fourth-order valence-corrected chi connectivity index (χ4v) is 3.68. The summed E-state index contributed by atoms with van der Waals surface area (Å²) in [4.78, 5) is 29.1. The molecular weight excluding hydrogens is 338 g/mol. The Labute approximate surface area is 149 Å². The number of carbonyl (C=O) groups is 1. The molecule has 0 aromatic heterocycles. The van der Waals surface area contributed by atoms with Crippen molar-refractivity contribution in [2.24, 2.45) is 4.99 Å². The summed E-state index contributed by atoms with van der Waals surface area (Å²) in [5.41, 5.74) is 2.62. The first kappa shape index (κ1) is 17.2. The monoisotopic (exact) mass is 355 g/mol. The van der Waals surface area contributed by atoms with Crippen LogP contribution in [0.25, 0.3) is 0 Å². The Bertz CT molecular complexity index is 851. The molecule has 7 heteroatoms. The summed E-state index contributed by atoms with van der Waals surface area (Å²) in [7, 11) is 0. The molecule has 0 aliphatic carbocycles. The van der Waals surface area contributed by atoms with Crippen molar-refractivity contribution in [2.45, 2.75) is 12.7 Å². The Kier molecular flexibility index (Phi) is 5.14. The van der Waals surface area contributed by atoms with Gasteiger partial charge in [-0.2, -0.15) is 0 Å². The van der Waals surface area contributed by atoms with Gasteiger partial charge >= 0.3 is 0 Å². The number of benzene rings is 2. The van der Waals surface area contributed by atoms with Crippen molar-refractivity contribution >= 4 is 28.5 Å². The number of amides is 1. The lowest BCUT2D eigenvalue weighted by molar-refractivity contribution is -0.384. The fraction of sp³-hybridized carbons (Fsp3) is 0.222. The topological polar surface area (TPSA) is 75.8 Å². The third kappa shape index (κ3) is 3.88. The molecule has 1 amide bonds. The van der Waals surface area contributed by atoms with Gasteiger partial charge in [0, 0.05) is 30.0 Å². The van der Waals surface area contributed by atoms with Gasteiger partial charge in [-0.3, -0.25) is 24.8 Å². The molecule has 2 aromatic carbocycles. The van der Waals surface area contributed by atoms with Crippen LogP contribution < -0.4 is 0 Å². The predicted molar refractivity (Wildman–Crippen MR) is 98.9 cm³/mol. The van der Waals surface area contributed by atoms with Gasteiger partial charge < -0.3 is 0 Å². The summed E-state index contributed by atoms with van der Waals surface area (Å²) in [6.45, 7) is 3.10. The lowest BCUT2D eigenvalue weighted by Crippen LogP contribution is -2.32. The van der Waals surface area contributed by atoms with Gasteiger partial charge in [0.15, 0.2) is 5.17 Å². The summed E-state index contributed by atoms with van der Waals surface area (Å²) >= 11 is 1.51. The third-order valence-electron chi connectivity index (χ3n) is 3.97. The highest BCUT2D eigenvalue weighted by Gasteiger charge is 2.26. The first-order valence-corrected chi connectivity index (χ1v) is 8.83. The zero-order valence-electron chi connectivity index (χ0n) is 13.7. The Hall–Kier alpha value is -2.67. The quantitative estimate of drug-likeness (QED) is 0.620. The van der Waals surface area contributed by atoms with E-state index in [0.29, 0.717) is 23.8 Å². The molecule has 0 bridgehead atoms. The normalized spacial score (nSPS) is 13.6. The van der Waals surface area contributed by atoms with Gasteiger partial charge in [0.1, 0.15) is 0 Å². The highest BCUT2D eigenvalue weighted by atomic mass is 32.2. The number of rotatable bonds is 4. The van der Waals surface area contributed by atoms with E-state index in [2.05, 4.69) is 24.0 Å². The number of carbonyl (C=O) groups excluding carboxylic acids is 1. The largest absolute Gasteiger partial charge is 0.286 e. The minimum absolute atomic E-state index is 0.0869. The molecule has 3 rings (SSSR count). The van der Waals surface area contributed by atoms with Crippen LogP contribution in [0.15, 0.2) is 53.5 Å². The van der Waals surface area contributed by atoms with Crippen molar-refractivity contribution in [1.29, 1.82) is 0 Å². The Morgan fingerprint density at radius 3 is 2.84 bits per heavy atom. The van der Waals surface area contributed by atoms with Crippen molar-refractivity contribution in [3.8, 4) is 0 Å². The number of nitro groups is 1. The van der Waals surface area contributed by atoms with Crippen LogP contribution in [-0.4, -0.2) is 34.0 Å². The lowest BCUT2D eigenvalue weighted by atomic mass is 10.1. The molecule has 128 valence electrons. The van der Waals surface area contributed by atoms with Crippen molar-refractivity contribution in [2.75, 3.05) is 13.1 Å². The second-order valence-corrected chi connectivity index (χ2v) is 6.59. The fourth-order valence-electron chi connectivity index (χ4n) is 2.56. The molecule has 2 aromatic rings. The van der Waals surface area contributed by atoms with Crippen LogP contribution >= 0.6 is 11.8 Å². The van der Waals surface area contributed by atoms with Crippen molar-refractivity contribution in [3.63, 3.8) is 0 Å². The molecule has 1 aliphatic rings. The third-order valence-corrected chi connectivity index (χ3v) is 5.03. The molecule has 1 heterocycles. The molecule has 0 fully saturated rings. The zero-order valence-corrected chi connectivity index (χ0v) is 14.5. The maximum absolute atomic E-state index is 12.7. The lowest BCUT2D eigenvalue weighted by Gasteiger charge is -2.18. The molecule has 0 atom stereocenters. The van der Waals surface area contributed by atoms with E-state index in [1.54, 1.807) is 11.0 Å². The van der Waals surface area contributed by atoms with Crippen LogP contribution in [0.2, 0.25) is 0 Å². The summed E-state index contributed by atoms with van der Waals surface area (Å²) in [6, 6.07) is 13.9. The molecule has 1 aliphatic heterocycles. The van der Waals surface area contributed by atoms with Gasteiger partial charge in [-0.25, -0.2) is 0 Å². The van der Waals surface area contributed by atoms with Crippen LogP contribution in [0.3, 0.4) is 0 Å². The number of amidine groups is 1. The molecular formula is C18H17N3O3S. The SMILES string of the molecule is Cc1ccccc1CSC1=NCCN1C(=O)c1cccc([N+](=O)[O-])c1. The number of thioether (sulfide) groups is 1. The predicted octanol–water partition coefficient (Wildman–Crippen LogP) is 3.65. The second-order valence-electron chi connectivity index (χ2n) is 5.64. The average Bonchev–Trinajstić information content (AvgIpc) is 3.09. The van der Waals surface area contributed by atoms with Crippen LogP contribution in [0, 0.1) is 17.0 Å². The van der Waals surface area contributed by atoms with E-state index in [-0.39, 0.29) is 11.6 Å². The number of hydrogen-bond acceptors (Lipinski definition) is 5. The van der Waals surface area contributed by atoms with Crippen molar-refractivity contribution in [1.82, 2.24) is 4.90 Å². The smallest absolute Gasteiger partial charge is 0.270 e. The van der Waals surface area contributed by atoms with Gasteiger partial charge in [0.25, 0.3) is 11.6 Å². The summed E-state index contributed by atoms with van der Waals surface area (Å²) in [6.07, 6.45) is 0.